The van der Waals surface area contributed by atoms with E-state index in [2.05, 4.69) is 11.8 Å². The van der Waals surface area contributed by atoms with Crippen LogP contribution in [0.4, 0.5) is 5.69 Å². The van der Waals surface area contributed by atoms with Gasteiger partial charge in [0, 0.05) is 30.8 Å². The van der Waals surface area contributed by atoms with Crippen LogP contribution in [0.5, 0.6) is 11.5 Å². The second kappa shape index (κ2) is 9.22. The lowest BCUT2D eigenvalue weighted by atomic mass is 10.1. The summed E-state index contributed by atoms with van der Waals surface area (Å²) in [5.41, 5.74) is 1.46. The molecule has 0 radical (unpaired) electrons. The van der Waals surface area contributed by atoms with Crippen molar-refractivity contribution in [1.82, 2.24) is 0 Å². The van der Waals surface area contributed by atoms with E-state index in [1.807, 2.05) is 30.3 Å². The Morgan fingerprint density at radius 3 is 2.63 bits per heavy atom. The van der Waals surface area contributed by atoms with Crippen molar-refractivity contribution in [2.45, 2.75) is 32.6 Å². The van der Waals surface area contributed by atoms with Crippen molar-refractivity contribution in [3.63, 3.8) is 0 Å². The van der Waals surface area contributed by atoms with Crippen molar-refractivity contribution in [3.8, 4) is 22.8 Å². The highest BCUT2D eigenvalue weighted by molar-refractivity contribution is 5.94. The lowest BCUT2D eigenvalue weighted by Crippen LogP contribution is -2.19. The van der Waals surface area contributed by atoms with Gasteiger partial charge in [-0.1, -0.05) is 43.7 Å². The van der Waals surface area contributed by atoms with Crippen LogP contribution >= 0.6 is 0 Å². The Kier molecular flexibility index (Phi) is 6.23. The maximum Gasteiger partial charge on any atom is 0.197 e. The predicted molar refractivity (Wildman–Crippen MR) is 117 cm³/mol. The molecule has 0 spiro atoms. The molecule has 0 saturated carbocycles. The summed E-state index contributed by atoms with van der Waals surface area (Å²) < 4.78 is 17.8. The Morgan fingerprint density at radius 1 is 1.13 bits per heavy atom. The number of phenols is 1. The van der Waals surface area contributed by atoms with Gasteiger partial charge in [0.25, 0.3) is 0 Å². The van der Waals surface area contributed by atoms with Crippen LogP contribution in [0, 0.1) is 0 Å². The Morgan fingerprint density at radius 2 is 1.90 bits per heavy atom. The lowest BCUT2D eigenvalue weighted by Gasteiger charge is -2.22. The Balaban J connectivity index is 1.83. The highest BCUT2D eigenvalue weighted by Gasteiger charge is 2.24. The Bertz CT molecular complexity index is 1050. The zero-order chi connectivity index (χ0) is 20.9. The van der Waals surface area contributed by atoms with E-state index in [0.29, 0.717) is 18.1 Å². The molecule has 6 nitrogen and oxygen atoms in total. The van der Waals surface area contributed by atoms with Crippen LogP contribution < -0.4 is 15.1 Å². The molecule has 1 fully saturated rings. The third kappa shape index (κ3) is 4.14. The quantitative estimate of drug-likeness (QED) is 0.421. The van der Waals surface area contributed by atoms with Crippen LogP contribution in [-0.4, -0.2) is 31.6 Å². The third-order valence-corrected chi connectivity index (χ3v) is 5.35. The van der Waals surface area contributed by atoms with Crippen molar-refractivity contribution >= 4 is 16.7 Å². The molecule has 1 aliphatic heterocycles. The van der Waals surface area contributed by atoms with Crippen molar-refractivity contribution < 1.29 is 19.0 Å². The summed E-state index contributed by atoms with van der Waals surface area (Å²) in [7, 11) is 0. The number of aromatic hydroxyl groups is 1. The highest BCUT2D eigenvalue weighted by Crippen LogP contribution is 2.42. The van der Waals surface area contributed by atoms with Gasteiger partial charge in [0.1, 0.15) is 16.9 Å². The van der Waals surface area contributed by atoms with Crippen LogP contribution in [0.25, 0.3) is 22.3 Å². The molecule has 1 N–H and O–H groups in total. The molecule has 1 saturated heterocycles. The highest BCUT2D eigenvalue weighted by atomic mass is 16.7. The van der Waals surface area contributed by atoms with E-state index < -0.39 is 0 Å². The number of hydrogen-bond acceptors (Lipinski definition) is 6. The molecule has 6 heteroatoms. The summed E-state index contributed by atoms with van der Waals surface area (Å²) in [6.07, 6.45) is 4.13. The summed E-state index contributed by atoms with van der Waals surface area (Å²) in [4.78, 5) is 15.0. The van der Waals surface area contributed by atoms with Crippen molar-refractivity contribution in [1.29, 1.82) is 0 Å². The van der Waals surface area contributed by atoms with Gasteiger partial charge in [-0.05, 0) is 19.3 Å². The summed E-state index contributed by atoms with van der Waals surface area (Å²) in [5, 5.41) is 10.8. The summed E-state index contributed by atoms with van der Waals surface area (Å²) >= 11 is 0. The second-order valence-corrected chi connectivity index (χ2v) is 7.51. The largest absolute Gasteiger partial charge is 0.507 e. The molecule has 1 aromatic heterocycles. The molecule has 0 unspecified atom stereocenters. The van der Waals surface area contributed by atoms with Gasteiger partial charge in [0.2, 0.25) is 0 Å². The van der Waals surface area contributed by atoms with E-state index in [4.69, 9.17) is 13.9 Å². The topological polar surface area (TPSA) is 72.1 Å². The molecule has 3 aromatic rings. The van der Waals surface area contributed by atoms with Gasteiger partial charge < -0.3 is 23.9 Å². The molecule has 4 rings (SSSR count). The maximum atomic E-state index is 12.9. The van der Waals surface area contributed by atoms with Crippen molar-refractivity contribution in [2.24, 2.45) is 0 Å². The number of hydrogen-bond donors (Lipinski definition) is 1. The van der Waals surface area contributed by atoms with Crippen molar-refractivity contribution in [2.75, 3.05) is 31.4 Å². The molecule has 2 heterocycles. The summed E-state index contributed by atoms with van der Waals surface area (Å²) in [6, 6.07) is 12.4. The number of anilines is 1. The lowest BCUT2D eigenvalue weighted by molar-refractivity contribution is 0.0146. The number of fused-ring (bicyclic) bond motifs is 1. The first-order valence-electron chi connectivity index (χ1n) is 10.5. The standard InChI is InChI=1S/C24H27NO5/c1-2-3-13-28-16-29-23-18(25-11-7-8-12-25)14-19(26)22-20(27)15-21(30-24(22)23)17-9-5-4-6-10-17/h4-6,9-10,14-15,26H,2-3,7-8,11-13,16H2,1H3. The zero-order valence-electron chi connectivity index (χ0n) is 17.2. The first-order chi connectivity index (χ1) is 14.7. The molecule has 0 amide bonds. The average molecular weight is 409 g/mol. The van der Waals surface area contributed by atoms with E-state index in [1.54, 1.807) is 6.07 Å². The van der Waals surface area contributed by atoms with Crippen LogP contribution in [-0.2, 0) is 4.74 Å². The van der Waals surface area contributed by atoms with Crippen LogP contribution in [0.3, 0.4) is 0 Å². The fourth-order valence-electron chi connectivity index (χ4n) is 3.76. The minimum atomic E-state index is -0.308. The molecule has 1 aliphatic rings. The zero-order valence-corrected chi connectivity index (χ0v) is 17.2. The number of benzene rings is 2. The van der Waals surface area contributed by atoms with E-state index in [0.717, 1.165) is 50.0 Å². The fraction of sp³-hybridized carbons (Fsp3) is 0.375. The average Bonchev–Trinajstić information content (AvgIpc) is 3.29. The second-order valence-electron chi connectivity index (χ2n) is 7.51. The molecular formula is C24H27NO5. The van der Waals surface area contributed by atoms with Crippen LogP contribution in [0.2, 0.25) is 0 Å². The Labute approximate surface area is 175 Å². The van der Waals surface area contributed by atoms with Gasteiger partial charge in [0.05, 0.1) is 12.3 Å². The molecule has 158 valence electrons. The minimum absolute atomic E-state index is 0.0555. The van der Waals surface area contributed by atoms with Crippen LogP contribution in [0.1, 0.15) is 32.6 Å². The van der Waals surface area contributed by atoms with Crippen LogP contribution in [0.15, 0.2) is 51.7 Å². The van der Waals surface area contributed by atoms with Gasteiger partial charge in [-0.25, -0.2) is 0 Å². The van der Waals surface area contributed by atoms with Gasteiger partial charge in [-0.3, -0.25) is 4.79 Å². The maximum absolute atomic E-state index is 12.9. The van der Waals surface area contributed by atoms with Gasteiger partial charge >= 0.3 is 0 Å². The molecule has 0 atom stereocenters. The SMILES string of the molecule is CCCCOCOc1c(N2CCCC2)cc(O)c2c(=O)cc(-c3ccccc3)oc12. The first kappa shape index (κ1) is 20.3. The van der Waals surface area contributed by atoms with Gasteiger partial charge in [-0.2, -0.15) is 0 Å². The van der Waals surface area contributed by atoms with Crippen molar-refractivity contribution in [3.05, 3.63) is 52.7 Å². The monoisotopic (exact) mass is 409 g/mol. The van der Waals surface area contributed by atoms with Gasteiger partial charge in [0.15, 0.2) is 23.6 Å². The molecule has 0 bridgehead atoms. The number of phenolic OH excluding ortho intramolecular Hbond substituents is 1. The molecule has 30 heavy (non-hydrogen) atoms. The first-order valence-corrected chi connectivity index (χ1v) is 10.5. The molecule has 2 aromatic carbocycles. The number of ether oxygens (including phenoxy) is 2. The Hall–Kier alpha value is -2.99. The number of nitrogens with zero attached hydrogens (tertiary/aromatic N) is 1. The smallest absolute Gasteiger partial charge is 0.197 e. The molecule has 0 aliphatic carbocycles. The number of unbranched alkanes of at least 4 members (excludes halogenated alkanes) is 1. The van der Waals surface area contributed by atoms with E-state index in [1.165, 1.54) is 6.07 Å². The number of rotatable bonds is 8. The van der Waals surface area contributed by atoms with E-state index in [-0.39, 0.29) is 28.9 Å². The predicted octanol–water partition coefficient (Wildman–Crippen LogP) is 4.92. The van der Waals surface area contributed by atoms with E-state index in [9.17, 15) is 9.90 Å². The fourth-order valence-corrected chi connectivity index (χ4v) is 3.76. The normalized spacial score (nSPS) is 13.8. The summed E-state index contributed by atoms with van der Waals surface area (Å²) in [6.45, 7) is 4.48. The molecular weight excluding hydrogens is 382 g/mol. The van der Waals surface area contributed by atoms with E-state index >= 15 is 0 Å². The third-order valence-electron chi connectivity index (χ3n) is 5.35. The van der Waals surface area contributed by atoms with Gasteiger partial charge in [-0.15, -0.1) is 0 Å². The minimum Gasteiger partial charge on any atom is -0.507 e. The summed E-state index contributed by atoms with van der Waals surface area (Å²) in [5.74, 6) is 0.776.